The van der Waals surface area contributed by atoms with Gasteiger partial charge in [0.25, 0.3) is 0 Å². The zero-order valence-electron chi connectivity index (χ0n) is 36.7. The van der Waals surface area contributed by atoms with Gasteiger partial charge in [-0.1, -0.05) is 12.1 Å². The first-order valence-electron chi connectivity index (χ1n) is 18.8. The summed E-state index contributed by atoms with van der Waals surface area (Å²) in [6.07, 6.45) is -4.69. The van der Waals surface area contributed by atoms with Crippen molar-refractivity contribution in [2.45, 2.75) is 124 Å². The van der Waals surface area contributed by atoms with Crippen molar-refractivity contribution in [3.8, 4) is 5.75 Å². The van der Waals surface area contributed by atoms with Gasteiger partial charge in [-0.05, 0) is 125 Å². The minimum absolute atomic E-state index is 0.0279. The highest BCUT2D eigenvalue weighted by Crippen LogP contribution is 2.24. The standard InChI is InChI=1S/C40H55N5O16S/c1-37(2,3)58-30(48)23-44(28(31(49)50)21-29(46)47)62(55,56)45(36(54)61-40(10,11)12)22-24-13-19-27(20-14-24)57-32(51)25-15-17-26(18-16-25)41-33(42-34(52)59-38(4,5)6)43-35(53)60-39(7,8)9/h13-20,28H,21-23H2,1-12H3,(H,46,47)(H,49,50)(H2,41,42,43,52,53). The van der Waals surface area contributed by atoms with Crippen LogP contribution in [0.3, 0.4) is 0 Å². The van der Waals surface area contributed by atoms with Gasteiger partial charge in [0.1, 0.15) is 40.7 Å². The van der Waals surface area contributed by atoms with Gasteiger partial charge in [-0.3, -0.25) is 19.7 Å². The van der Waals surface area contributed by atoms with Gasteiger partial charge in [-0.25, -0.2) is 19.2 Å². The van der Waals surface area contributed by atoms with E-state index in [0.29, 0.717) is 0 Å². The van der Waals surface area contributed by atoms with Crippen LogP contribution in [0.25, 0.3) is 0 Å². The summed E-state index contributed by atoms with van der Waals surface area (Å²) in [6, 6.07) is 8.32. The second-order valence-corrected chi connectivity index (χ2v) is 19.2. The molecule has 62 heavy (non-hydrogen) atoms. The van der Waals surface area contributed by atoms with Crippen LogP contribution in [-0.2, 0) is 50.1 Å². The fourth-order valence-electron chi connectivity index (χ4n) is 4.70. The first kappa shape index (κ1) is 51.8. The van der Waals surface area contributed by atoms with E-state index in [-0.39, 0.29) is 37.1 Å². The van der Waals surface area contributed by atoms with Crippen molar-refractivity contribution in [3.63, 3.8) is 0 Å². The van der Waals surface area contributed by atoms with Crippen LogP contribution in [0.4, 0.5) is 20.1 Å². The number of guanidine groups is 1. The number of alkyl carbamates (subject to hydrolysis) is 1. The van der Waals surface area contributed by atoms with Gasteiger partial charge >= 0.3 is 52.4 Å². The second-order valence-electron chi connectivity index (χ2n) is 17.4. The fourth-order valence-corrected chi connectivity index (χ4v) is 6.24. The molecule has 2 aromatic carbocycles. The van der Waals surface area contributed by atoms with Gasteiger partial charge in [-0.15, -0.1) is 4.99 Å². The molecule has 1 unspecified atom stereocenters. The maximum Gasteiger partial charge on any atom is 0.437 e. The average Bonchev–Trinajstić information content (AvgIpc) is 3.06. The molecule has 22 heteroatoms. The van der Waals surface area contributed by atoms with E-state index in [1.54, 1.807) is 41.5 Å². The summed E-state index contributed by atoms with van der Waals surface area (Å²) in [6.45, 7) is 16.4. The fraction of sp³-hybridized carbons (Fsp3) is 0.500. The third-order valence-electron chi connectivity index (χ3n) is 6.94. The van der Waals surface area contributed by atoms with Crippen molar-refractivity contribution in [1.29, 1.82) is 0 Å². The lowest BCUT2D eigenvalue weighted by atomic mass is 10.2. The van der Waals surface area contributed by atoms with Crippen LogP contribution >= 0.6 is 0 Å². The Morgan fingerprint density at radius 2 is 1.23 bits per heavy atom. The van der Waals surface area contributed by atoms with E-state index >= 15 is 0 Å². The van der Waals surface area contributed by atoms with Crippen LogP contribution in [0, 0.1) is 0 Å². The molecule has 0 fully saturated rings. The molecule has 0 spiro atoms. The van der Waals surface area contributed by atoms with E-state index in [9.17, 15) is 52.2 Å². The number of amides is 3. The Morgan fingerprint density at radius 1 is 0.710 bits per heavy atom. The normalized spacial score (nSPS) is 13.0. The SMILES string of the molecule is CC(C)(C)OC(=O)CN(C(CC(=O)O)C(=O)O)S(=O)(=O)N(Cc1ccc(OC(=O)c2ccc(N/C(=N\C(=O)OC(C)(C)C)NC(=O)OC(C)(C)C)cc2)cc1)C(=O)OC(C)(C)C. The highest BCUT2D eigenvalue weighted by Gasteiger charge is 2.45. The Morgan fingerprint density at radius 3 is 1.69 bits per heavy atom. The number of hydrogen-bond acceptors (Lipinski definition) is 14. The lowest BCUT2D eigenvalue weighted by Gasteiger charge is -2.34. The maximum atomic E-state index is 14.2. The first-order chi connectivity index (χ1) is 28.1. The summed E-state index contributed by atoms with van der Waals surface area (Å²) in [5.74, 6) is -6.07. The van der Waals surface area contributed by atoms with Crippen LogP contribution in [0.5, 0.6) is 5.75 Å². The number of carboxylic acids is 2. The molecule has 0 radical (unpaired) electrons. The van der Waals surface area contributed by atoms with Crippen molar-refractivity contribution >= 4 is 64.0 Å². The maximum absolute atomic E-state index is 14.2. The lowest BCUT2D eigenvalue weighted by molar-refractivity contribution is -0.157. The van der Waals surface area contributed by atoms with Crippen LogP contribution in [-0.4, -0.2) is 110 Å². The molecule has 3 amide bonds. The molecule has 0 saturated heterocycles. The van der Waals surface area contributed by atoms with Crippen LogP contribution in [0.1, 0.15) is 105 Å². The minimum Gasteiger partial charge on any atom is -0.481 e. The smallest absolute Gasteiger partial charge is 0.437 e. The van der Waals surface area contributed by atoms with Crippen LogP contribution in [0.15, 0.2) is 53.5 Å². The molecule has 342 valence electrons. The molecule has 0 aliphatic carbocycles. The van der Waals surface area contributed by atoms with Crippen molar-refractivity contribution in [2.24, 2.45) is 4.99 Å². The number of anilines is 1. The Labute approximate surface area is 359 Å². The quantitative estimate of drug-likeness (QED) is 0.0618. The molecule has 4 N–H and O–H groups in total. The molecule has 0 aromatic heterocycles. The summed E-state index contributed by atoms with van der Waals surface area (Å²) in [7, 11) is -5.38. The third kappa shape index (κ3) is 18.5. The minimum atomic E-state index is -5.38. The number of benzene rings is 2. The summed E-state index contributed by atoms with van der Waals surface area (Å²) in [4.78, 5) is 92.0. The largest absolute Gasteiger partial charge is 0.481 e. The van der Waals surface area contributed by atoms with E-state index in [0.717, 1.165) is 0 Å². The van der Waals surface area contributed by atoms with E-state index in [1.807, 2.05) is 0 Å². The van der Waals surface area contributed by atoms with Gasteiger partial charge in [0.2, 0.25) is 5.96 Å². The molecule has 21 nitrogen and oxygen atoms in total. The topological polar surface area (TPSA) is 283 Å². The van der Waals surface area contributed by atoms with Crippen molar-refractivity contribution < 1.29 is 75.9 Å². The number of carbonyl (C=O) groups is 7. The number of ether oxygens (including phenoxy) is 5. The number of esters is 2. The van der Waals surface area contributed by atoms with E-state index in [4.69, 9.17) is 23.7 Å². The van der Waals surface area contributed by atoms with E-state index in [1.165, 1.54) is 90.1 Å². The summed E-state index contributed by atoms with van der Waals surface area (Å²) in [5, 5.41) is 24.4. The van der Waals surface area contributed by atoms with Crippen LogP contribution < -0.4 is 15.4 Å². The number of carbonyl (C=O) groups excluding carboxylic acids is 5. The van der Waals surface area contributed by atoms with Crippen molar-refractivity contribution in [1.82, 2.24) is 13.9 Å². The summed E-state index contributed by atoms with van der Waals surface area (Å²) >= 11 is 0. The van der Waals surface area contributed by atoms with Gasteiger partial charge < -0.3 is 39.2 Å². The molecular weight excluding hydrogens is 839 g/mol. The molecule has 0 bridgehead atoms. The third-order valence-corrected chi connectivity index (χ3v) is 8.75. The second kappa shape index (κ2) is 20.5. The van der Waals surface area contributed by atoms with Gasteiger partial charge in [-0.2, -0.15) is 17.0 Å². The first-order valence-corrected chi connectivity index (χ1v) is 20.2. The Bertz CT molecular complexity index is 2110. The predicted molar refractivity (Wildman–Crippen MR) is 221 cm³/mol. The molecule has 1 atom stereocenters. The highest BCUT2D eigenvalue weighted by atomic mass is 32.2. The number of hydrogen-bond donors (Lipinski definition) is 4. The number of nitrogens with one attached hydrogen (secondary N) is 2. The molecule has 2 rings (SSSR count). The number of aliphatic imine (C=N–C) groups is 1. The van der Waals surface area contributed by atoms with Crippen molar-refractivity contribution in [3.05, 3.63) is 59.7 Å². The predicted octanol–water partition coefficient (Wildman–Crippen LogP) is 5.69. The number of carboxylic acid groups (broad SMARTS) is 2. The zero-order chi connectivity index (χ0) is 47.6. The lowest BCUT2D eigenvalue weighted by Crippen LogP contribution is -2.55. The number of nitrogens with zero attached hydrogens (tertiary/aromatic N) is 3. The molecule has 0 heterocycles. The Hall–Kier alpha value is -6.29. The molecular formula is C40H55N5O16S. The zero-order valence-corrected chi connectivity index (χ0v) is 37.5. The Balaban J connectivity index is 2.40. The highest BCUT2D eigenvalue weighted by molar-refractivity contribution is 7.87. The van der Waals surface area contributed by atoms with Gasteiger partial charge in [0.05, 0.1) is 18.5 Å². The van der Waals surface area contributed by atoms with Gasteiger partial charge in [0, 0.05) is 5.69 Å². The number of aliphatic carboxylic acids is 2. The monoisotopic (exact) mass is 893 g/mol. The molecule has 2 aromatic rings. The van der Waals surface area contributed by atoms with Crippen molar-refractivity contribution in [2.75, 3.05) is 11.9 Å². The van der Waals surface area contributed by atoms with Gasteiger partial charge in [0.15, 0.2) is 0 Å². The van der Waals surface area contributed by atoms with E-state index < -0.39 is 100 Å². The molecule has 0 aliphatic heterocycles. The summed E-state index contributed by atoms with van der Waals surface area (Å²) in [5.41, 5.74) is -3.77. The van der Waals surface area contributed by atoms with E-state index in [2.05, 4.69) is 15.6 Å². The summed E-state index contributed by atoms with van der Waals surface area (Å²) < 4.78 is 55.0. The average molecular weight is 894 g/mol. The Kier molecular flexibility index (Phi) is 17.2. The van der Waals surface area contributed by atoms with Crippen LogP contribution in [0.2, 0.25) is 0 Å². The number of rotatable bonds is 13. The molecule has 0 aliphatic rings. The molecule has 0 saturated carbocycles.